The number of esters is 1. The molecule has 0 radical (unpaired) electrons. The number of rotatable bonds is 38. The second kappa shape index (κ2) is 50.6. The van der Waals surface area contributed by atoms with Crippen molar-refractivity contribution in [3.8, 4) is 0 Å². The average Bonchev–Trinajstić information content (AvgIpc) is 1.75. The second-order valence-electron chi connectivity index (χ2n) is 28.9. The lowest BCUT2D eigenvalue weighted by Gasteiger charge is -2.29. The van der Waals surface area contributed by atoms with Crippen molar-refractivity contribution in [2.45, 2.75) is 173 Å². The molecule has 1 aromatic heterocycles. The lowest BCUT2D eigenvalue weighted by Crippen LogP contribution is -2.57. The minimum Gasteiger partial charge on any atom is -0.481 e. The van der Waals surface area contributed by atoms with Gasteiger partial charge in [0.1, 0.15) is 55.6 Å². The Hall–Kier alpha value is -13.1. The summed E-state index contributed by atoms with van der Waals surface area (Å²) in [5, 5.41) is 47.4. The average molecular weight is 1690 g/mol. The standard InChI is InChI=1S/C81H106N14O26/c1-7-8-9-15-48-21-23-49(24-22-48)44(2)26-69(105)90-60(27-51-34-85-57-19-13-10-16-53(51)57)79(115)92-59(33-68(83)104)66(102)28-50(30-72(108)109)75(111)95-73-47(5)121-81(117)61(32-64(100)54-17-11-12-18-56(54)84-6)93-77(113)55(45(3)38-118-41-97)31-67(103)62(37-96)91-71(107)35-86-78(114)63(40-120-43-99)94-74(110)46(4)88-76(112)52(39-119-42-98)29-65(101)58(20-14-25-82)89-70(106)36-87-80(73)116/h10-13,16-19,21-24,26,34,41-43,45-47,50,52,55,58-63,73,84-85,96H,7-9,14-15,20,25,27-33,35-40,82H2,1-6H3,(H2,83,104)(H,86,114)(H,87,116)(H,88,112)(H,89,106)(H,90,105)(H,91,107)(H,92,115)(H,93,113)(H,94,110)(H,95,111)(H,108,109)/b44-26+/t45?,46-,47-,50+,52+,55+,58+,59-,60+,61+,62-,63+,73+/m1/s1. The zero-order valence-corrected chi connectivity index (χ0v) is 67.8. The van der Waals surface area contributed by atoms with Gasteiger partial charge in [-0.3, -0.25) is 91.1 Å². The number of amides is 11. The second-order valence-corrected chi connectivity index (χ2v) is 28.9. The number of aliphatic hydroxyl groups excluding tert-OH is 1. The number of nitrogens with one attached hydrogen (secondary N) is 12. The van der Waals surface area contributed by atoms with Crippen molar-refractivity contribution >= 4 is 142 Å². The number of fused-ring (bicyclic) bond motifs is 1. The van der Waals surface area contributed by atoms with Crippen LogP contribution in [0.15, 0.2) is 85.1 Å². The largest absolute Gasteiger partial charge is 0.481 e. The third kappa shape index (κ3) is 32.3. The Labute approximate surface area is 695 Å². The van der Waals surface area contributed by atoms with E-state index in [2.05, 4.69) is 70.4 Å². The minimum absolute atomic E-state index is 0.00406. The number of unbranched alkanes of at least 4 members (excludes halogenated alkanes) is 2. The number of benzene rings is 3. The molecular weight excluding hydrogens is 1580 g/mol. The van der Waals surface area contributed by atoms with Crippen LogP contribution < -0.4 is 70.0 Å². The number of hydrogen-bond acceptors (Lipinski definition) is 27. The van der Waals surface area contributed by atoms with Crippen molar-refractivity contribution in [2.75, 3.05) is 58.4 Å². The molecule has 0 bridgehead atoms. The molecular formula is C81H106N14O26. The normalized spacial score (nSPS) is 20.9. The zero-order valence-electron chi connectivity index (χ0n) is 67.8. The summed E-state index contributed by atoms with van der Waals surface area (Å²) in [6, 6.07) is 5.36. The summed E-state index contributed by atoms with van der Waals surface area (Å²) in [7, 11) is 1.45. The van der Waals surface area contributed by atoms with Crippen LogP contribution in [0, 0.1) is 23.7 Å². The van der Waals surface area contributed by atoms with Crippen LogP contribution in [0.2, 0.25) is 0 Å². The van der Waals surface area contributed by atoms with Gasteiger partial charge in [0.2, 0.25) is 65.0 Å². The van der Waals surface area contributed by atoms with Crippen LogP contribution in [0.1, 0.15) is 132 Å². The first-order valence-corrected chi connectivity index (χ1v) is 39.0. The van der Waals surface area contributed by atoms with Crippen molar-refractivity contribution in [1.29, 1.82) is 0 Å². The van der Waals surface area contributed by atoms with Gasteiger partial charge in [-0.05, 0) is 93.5 Å². The summed E-state index contributed by atoms with van der Waals surface area (Å²) in [4.78, 5) is 278. The zero-order chi connectivity index (χ0) is 89.4. The molecule has 1 unspecified atom stereocenters. The van der Waals surface area contributed by atoms with Gasteiger partial charge in [0, 0.05) is 79.5 Å². The number of allylic oxidation sites excluding steroid dienone is 1. The summed E-state index contributed by atoms with van der Waals surface area (Å²) in [5.41, 5.74) is 15.0. The monoisotopic (exact) mass is 1690 g/mol. The SMILES string of the molecule is CCCCCc1ccc(/C(C)=C/C(=O)N[C@@H](Cc2c[nH]c3ccccc23)C(=O)N[C@H](CC(N)=O)C(=O)C[C@@H](CC(=O)O)C(=O)N[C@@H]2C(=O)NCC(=O)N[C@@H](CCCN)C(=O)C[C@@H](COC=O)C(=O)N[C@H](C)C(=O)N[C@@H](COC=O)C(=O)NCC(=O)N[C@H](CO)C(=O)C[C@@H](C(C)COC=O)C(=O)N[C@@H](CC(=O)c3ccccc3NC)C(=O)O[C@@H]2C)cc1. The number of hydrogen-bond donors (Lipinski definition) is 16. The highest BCUT2D eigenvalue weighted by molar-refractivity contribution is 6.05. The minimum atomic E-state index is -2.35. The van der Waals surface area contributed by atoms with Crippen molar-refractivity contribution in [2.24, 2.45) is 35.1 Å². The fourth-order valence-corrected chi connectivity index (χ4v) is 12.9. The van der Waals surface area contributed by atoms with E-state index in [-0.39, 0.29) is 56.5 Å². The molecule has 2 heterocycles. The molecule has 1 saturated heterocycles. The molecule has 40 heteroatoms. The Morgan fingerprint density at radius 1 is 0.669 bits per heavy atom. The van der Waals surface area contributed by atoms with Crippen molar-refractivity contribution in [3.05, 3.63) is 107 Å². The van der Waals surface area contributed by atoms with Gasteiger partial charge in [-0.25, -0.2) is 4.79 Å². The van der Waals surface area contributed by atoms with Gasteiger partial charge in [-0.15, -0.1) is 0 Å². The highest BCUT2D eigenvalue weighted by Gasteiger charge is 2.41. The predicted molar refractivity (Wildman–Crippen MR) is 429 cm³/mol. The molecule has 5 rings (SSSR count). The summed E-state index contributed by atoms with van der Waals surface area (Å²) in [6.07, 6.45) is -2.15. The van der Waals surface area contributed by atoms with Gasteiger partial charge in [-0.1, -0.05) is 81.3 Å². The number of carboxylic acid groups (broad SMARTS) is 1. The third-order valence-electron chi connectivity index (χ3n) is 19.7. The summed E-state index contributed by atoms with van der Waals surface area (Å²) in [6.45, 7) is 1.18. The number of aryl methyl sites for hydroxylation is 1. The van der Waals surface area contributed by atoms with Crippen LogP contribution in [0.4, 0.5) is 5.69 Å². The number of nitrogens with two attached hydrogens (primary N) is 2. The van der Waals surface area contributed by atoms with Gasteiger partial charge in [0.05, 0.1) is 69.0 Å². The number of carbonyl (C=O) groups is 20. The Morgan fingerprint density at radius 2 is 1.31 bits per heavy atom. The number of anilines is 1. The van der Waals surface area contributed by atoms with Crippen molar-refractivity contribution in [3.63, 3.8) is 0 Å². The maximum Gasteiger partial charge on any atom is 0.329 e. The highest BCUT2D eigenvalue weighted by atomic mass is 16.5. The number of cyclic esters (lactones) is 1. The number of carboxylic acids is 1. The molecule has 1 aliphatic heterocycles. The van der Waals surface area contributed by atoms with E-state index in [4.69, 9.17) is 30.4 Å². The molecule has 3 aromatic carbocycles. The molecule has 656 valence electrons. The van der Waals surface area contributed by atoms with E-state index in [9.17, 15) is 101 Å². The van der Waals surface area contributed by atoms with Gasteiger partial charge in [0.25, 0.3) is 19.4 Å². The van der Waals surface area contributed by atoms with E-state index in [1.165, 1.54) is 44.3 Å². The summed E-state index contributed by atoms with van der Waals surface area (Å²) < 4.78 is 20.3. The number of ether oxygens (including phenoxy) is 4. The van der Waals surface area contributed by atoms with Crippen LogP contribution in [0.25, 0.3) is 16.5 Å². The Bertz CT molecular complexity index is 4400. The maximum absolute atomic E-state index is 15.0. The lowest BCUT2D eigenvalue weighted by molar-refractivity contribution is -0.156. The van der Waals surface area contributed by atoms with E-state index in [1.54, 1.807) is 37.4 Å². The van der Waals surface area contributed by atoms with E-state index in [0.29, 0.717) is 27.6 Å². The fourth-order valence-electron chi connectivity index (χ4n) is 12.9. The Morgan fingerprint density at radius 3 is 1.95 bits per heavy atom. The number of Topliss-reactive ketones (excluding diaryl/α,β-unsaturated/α-hetero) is 4. The van der Waals surface area contributed by atoms with Gasteiger partial charge < -0.3 is 104 Å². The Balaban J connectivity index is 1.61. The first-order valence-electron chi connectivity index (χ1n) is 39.0. The number of H-pyrrole nitrogens is 1. The number of para-hydroxylation sites is 2. The molecule has 121 heavy (non-hydrogen) atoms. The lowest BCUT2D eigenvalue weighted by atomic mass is 9.87. The van der Waals surface area contributed by atoms with Crippen molar-refractivity contribution in [1.82, 2.24) is 58.2 Å². The van der Waals surface area contributed by atoms with Gasteiger partial charge in [0.15, 0.2) is 23.1 Å². The topological polar surface area (TPSA) is 619 Å². The highest BCUT2D eigenvalue weighted by Crippen LogP contribution is 2.25. The molecule has 0 aliphatic carbocycles. The van der Waals surface area contributed by atoms with E-state index < -0.39 is 256 Å². The first kappa shape index (κ1) is 98.4. The Kier molecular flexibility index (Phi) is 41.2. The molecule has 11 amide bonds. The number of ketones is 4. The van der Waals surface area contributed by atoms with Crippen LogP contribution in [0.3, 0.4) is 0 Å². The summed E-state index contributed by atoms with van der Waals surface area (Å²) in [5.74, 6) is -27.4. The van der Waals surface area contributed by atoms with Gasteiger partial charge >= 0.3 is 11.9 Å². The van der Waals surface area contributed by atoms with Crippen LogP contribution in [0.5, 0.6) is 0 Å². The third-order valence-corrected chi connectivity index (χ3v) is 19.7. The number of primary amides is 1. The molecule has 18 N–H and O–H groups in total. The first-order chi connectivity index (χ1) is 57.7. The van der Waals surface area contributed by atoms with Crippen LogP contribution >= 0.6 is 0 Å². The van der Waals surface area contributed by atoms with E-state index >= 15 is 4.79 Å². The predicted octanol–water partition coefficient (Wildman–Crippen LogP) is -2.10. The number of aromatic amines is 1. The smallest absolute Gasteiger partial charge is 0.329 e. The number of aromatic nitrogens is 1. The summed E-state index contributed by atoms with van der Waals surface area (Å²) >= 11 is 0. The van der Waals surface area contributed by atoms with E-state index in [0.717, 1.165) is 45.1 Å². The van der Waals surface area contributed by atoms with E-state index in [1.807, 2.05) is 24.3 Å². The van der Waals surface area contributed by atoms with Crippen LogP contribution in [-0.2, 0) is 123 Å². The van der Waals surface area contributed by atoms with Crippen LogP contribution in [-0.4, -0.2) is 242 Å². The quantitative estimate of drug-likeness (QED) is 0.00571. The number of aliphatic hydroxyl groups is 1. The van der Waals surface area contributed by atoms with Crippen molar-refractivity contribution < 1.29 is 125 Å². The fraction of sp³-hybridized carbons (Fsp3) is 0.481. The molecule has 13 atom stereocenters. The number of carbonyl (C=O) groups excluding carboxylic acids is 19. The molecule has 0 saturated carbocycles. The maximum atomic E-state index is 15.0. The number of aliphatic carboxylic acids is 1. The molecule has 4 aromatic rings. The van der Waals surface area contributed by atoms with Gasteiger partial charge in [-0.2, -0.15) is 0 Å². The molecule has 0 spiro atoms. The molecule has 1 fully saturated rings. The molecule has 1 aliphatic rings. The molecule has 40 nitrogen and oxygen atoms in total.